The van der Waals surface area contributed by atoms with Crippen LogP contribution in [0.1, 0.15) is 5.56 Å². The smallest absolute Gasteiger partial charge is 0.329 e. The molecule has 0 saturated carbocycles. The van der Waals surface area contributed by atoms with Crippen molar-refractivity contribution in [3.63, 3.8) is 0 Å². The number of ether oxygens (including phenoxy) is 1. The number of phenolic OH excluding ortho intramolecular Hbond substituents is 1. The molecule has 1 heterocycles. The summed E-state index contributed by atoms with van der Waals surface area (Å²) >= 11 is 1.39. The molecule has 0 aliphatic carbocycles. The van der Waals surface area contributed by atoms with Crippen molar-refractivity contribution >= 4 is 22.8 Å². The van der Waals surface area contributed by atoms with Gasteiger partial charge in [-0.1, -0.05) is 0 Å². The van der Waals surface area contributed by atoms with Crippen LogP contribution in [0.25, 0.3) is 0 Å². The largest absolute Gasteiger partial charge is 0.504 e. The summed E-state index contributed by atoms with van der Waals surface area (Å²) in [5.74, 6) is -0.0779. The Balaban J connectivity index is 2.30. The van der Waals surface area contributed by atoms with Crippen LogP contribution in [0, 0.1) is 0 Å². The van der Waals surface area contributed by atoms with Crippen molar-refractivity contribution in [3.8, 4) is 11.5 Å². The standard InChI is InChI=1S/C11H11NO4S/c1-16-9-4-6(2-3-8(9)13)10-12-7(5-17-10)11(14)15/h2-4,7,13H,5H2,1H3,(H,14,15). The van der Waals surface area contributed by atoms with E-state index in [0.29, 0.717) is 16.5 Å². The van der Waals surface area contributed by atoms with Crippen molar-refractivity contribution in [2.45, 2.75) is 6.04 Å². The number of aliphatic carboxylic acids is 1. The molecule has 6 heteroatoms. The second-order valence-corrected chi connectivity index (χ2v) is 4.49. The summed E-state index contributed by atoms with van der Waals surface area (Å²) in [5.41, 5.74) is 0.758. The number of aliphatic imine (C=N–C) groups is 1. The molecule has 0 saturated heterocycles. The molecule has 0 aromatic heterocycles. The van der Waals surface area contributed by atoms with Gasteiger partial charge in [-0.15, -0.1) is 11.8 Å². The third-order valence-electron chi connectivity index (χ3n) is 2.36. The van der Waals surface area contributed by atoms with Crippen molar-refractivity contribution in [3.05, 3.63) is 23.8 Å². The quantitative estimate of drug-likeness (QED) is 0.850. The van der Waals surface area contributed by atoms with Crippen LogP contribution in [0.3, 0.4) is 0 Å². The minimum Gasteiger partial charge on any atom is -0.504 e. The lowest BCUT2D eigenvalue weighted by Gasteiger charge is -2.05. The van der Waals surface area contributed by atoms with Crippen LogP contribution >= 0.6 is 11.8 Å². The first kappa shape index (κ1) is 11.8. The molecule has 17 heavy (non-hydrogen) atoms. The molecule has 0 amide bonds. The Morgan fingerprint density at radius 3 is 2.94 bits per heavy atom. The topological polar surface area (TPSA) is 79.1 Å². The first-order valence-electron chi connectivity index (χ1n) is 4.92. The molecular formula is C11H11NO4S. The lowest BCUT2D eigenvalue weighted by atomic mass is 10.2. The van der Waals surface area contributed by atoms with E-state index in [9.17, 15) is 9.90 Å². The van der Waals surface area contributed by atoms with Gasteiger partial charge in [0, 0.05) is 11.3 Å². The summed E-state index contributed by atoms with van der Waals surface area (Å²) < 4.78 is 4.99. The van der Waals surface area contributed by atoms with E-state index in [-0.39, 0.29) is 5.75 Å². The van der Waals surface area contributed by atoms with Gasteiger partial charge in [0.05, 0.1) is 12.2 Å². The van der Waals surface area contributed by atoms with Gasteiger partial charge < -0.3 is 14.9 Å². The van der Waals surface area contributed by atoms with E-state index in [2.05, 4.69) is 4.99 Å². The maximum absolute atomic E-state index is 10.8. The maximum Gasteiger partial charge on any atom is 0.329 e. The second kappa shape index (κ2) is 4.67. The Kier molecular flexibility index (Phi) is 3.23. The number of thioether (sulfide) groups is 1. The molecule has 1 unspecified atom stereocenters. The van der Waals surface area contributed by atoms with E-state index >= 15 is 0 Å². The number of hydrogen-bond acceptors (Lipinski definition) is 5. The number of hydrogen-bond donors (Lipinski definition) is 2. The molecule has 1 atom stereocenters. The monoisotopic (exact) mass is 253 g/mol. The lowest BCUT2D eigenvalue weighted by molar-refractivity contribution is -0.137. The first-order chi connectivity index (χ1) is 8.11. The Bertz CT molecular complexity index is 486. The minimum absolute atomic E-state index is 0.0506. The average Bonchev–Trinajstić information content (AvgIpc) is 2.79. The van der Waals surface area contributed by atoms with Crippen molar-refractivity contribution in [2.24, 2.45) is 4.99 Å². The molecule has 1 aromatic rings. The number of aromatic hydroxyl groups is 1. The predicted octanol–water partition coefficient (Wildman–Crippen LogP) is 1.35. The molecule has 0 fully saturated rings. The van der Waals surface area contributed by atoms with E-state index in [0.717, 1.165) is 5.56 Å². The Morgan fingerprint density at radius 1 is 1.59 bits per heavy atom. The van der Waals surface area contributed by atoms with Crippen molar-refractivity contribution in [1.82, 2.24) is 0 Å². The fraction of sp³-hybridized carbons (Fsp3) is 0.273. The van der Waals surface area contributed by atoms with Crippen LogP contribution < -0.4 is 4.74 Å². The molecule has 1 aliphatic heterocycles. The predicted molar refractivity (Wildman–Crippen MR) is 65.1 cm³/mol. The molecule has 1 aromatic carbocycles. The van der Waals surface area contributed by atoms with Gasteiger partial charge >= 0.3 is 5.97 Å². The fourth-order valence-electron chi connectivity index (χ4n) is 1.47. The highest BCUT2D eigenvalue weighted by Gasteiger charge is 2.25. The van der Waals surface area contributed by atoms with Gasteiger partial charge in [0.25, 0.3) is 0 Å². The molecule has 2 rings (SSSR count). The first-order valence-corrected chi connectivity index (χ1v) is 5.91. The average molecular weight is 253 g/mol. The molecule has 0 radical (unpaired) electrons. The van der Waals surface area contributed by atoms with Crippen LogP contribution in [0.15, 0.2) is 23.2 Å². The molecule has 0 spiro atoms. The van der Waals surface area contributed by atoms with Gasteiger partial charge in [0.1, 0.15) is 0 Å². The van der Waals surface area contributed by atoms with Crippen molar-refractivity contribution in [1.29, 1.82) is 0 Å². The molecule has 1 aliphatic rings. The number of nitrogens with zero attached hydrogens (tertiary/aromatic N) is 1. The highest BCUT2D eigenvalue weighted by Crippen LogP contribution is 2.30. The number of benzene rings is 1. The van der Waals surface area contributed by atoms with E-state index in [1.807, 2.05) is 0 Å². The number of rotatable bonds is 3. The number of phenols is 1. The number of carboxylic acid groups (broad SMARTS) is 1. The second-order valence-electron chi connectivity index (χ2n) is 3.49. The van der Waals surface area contributed by atoms with Gasteiger partial charge in [-0.25, -0.2) is 4.79 Å². The number of carbonyl (C=O) groups is 1. The number of carboxylic acids is 1. The zero-order valence-corrected chi connectivity index (χ0v) is 9.90. The van der Waals surface area contributed by atoms with Gasteiger partial charge in [0.15, 0.2) is 17.5 Å². The zero-order valence-electron chi connectivity index (χ0n) is 9.08. The van der Waals surface area contributed by atoms with Crippen LogP contribution in [-0.4, -0.2) is 40.1 Å². The van der Waals surface area contributed by atoms with E-state index < -0.39 is 12.0 Å². The number of methoxy groups -OCH3 is 1. The minimum atomic E-state index is -0.918. The summed E-state index contributed by atoms with van der Waals surface area (Å²) in [7, 11) is 1.46. The molecule has 2 N–H and O–H groups in total. The highest BCUT2D eigenvalue weighted by molar-refractivity contribution is 8.14. The van der Waals surface area contributed by atoms with Crippen molar-refractivity contribution < 1.29 is 19.7 Å². The van der Waals surface area contributed by atoms with Gasteiger partial charge in [-0.2, -0.15) is 0 Å². The van der Waals surface area contributed by atoms with Gasteiger partial charge in [-0.05, 0) is 18.2 Å². The third-order valence-corrected chi connectivity index (χ3v) is 3.46. The van der Waals surface area contributed by atoms with E-state index in [1.54, 1.807) is 12.1 Å². The Labute approximate surface area is 102 Å². The summed E-state index contributed by atoms with van der Waals surface area (Å²) in [5, 5.41) is 19.0. The molecule has 5 nitrogen and oxygen atoms in total. The molecule has 90 valence electrons. The van der Waals surface area contributed by atoms with Gasteiger partial charge in [-0.3, -0.25) is 4.99 Å². The van der Waals surface area contributed by atoms with Crippen LogP contribution in [0.5, 0.6) is 11.5 Å². The SMILES string of the molecule is COc1cc(C2=NC(C(=O)O)CS2)ccc1O. The summed E-state index contributed by atoms with van der Waals surface area (Å²) in [6.07, 6.45) is 0. The third kappa shape index (κ3) is 2.36. The normalized spacial score (nSPS) is 18.9. The van der Waals surface area contributed by atoms with Crippen LogP contribution in [0.2, 0.25) is 0 Å². The highest BCUT2D eigenvalue weighted by atomic mass is 32.2. The summed E-state index contributed by atoms with van der Waals surface area (Å²) in [4.78, 5) is 14.9. The molecule has 0 bridgehead atoms. The van der Waals surface area contributed by atoms with Crippen LogP contribution in [0.4, 0.5) is 0 Å². The fourth-order valence-corrected chi connectivity index (χ4v) is 2.50. The lowest BCUT2D eigenvalue weighted by Crippen LogP contribution is -2.17. The van der Waals surface area contributed by atoms with E-state index in [4.69, 9.17) is 9.84 Å². The van der Waals surface area contributed by atoms with E-state index in [1.165, 1.54) is 24.9 Å². The summed E-state index contributed by atoms with van der Waals surface area (Å²) in [6.45, 7) is 0. The zero-order chi connectivity index (χ0) is 12.4. The van der Waals surface area contributed by atoms with Gasteiger partial charge in [0.2, 0.25) is 0 Å². The van der Waals surface area contributed by atoms with Crippen molar-refractivity contribution in [2.75, 3.05) is 12.9 Å². The Hall–Kier alpha value is -1.69. The molecular weight excluding hydrogens is 242 g/mol. The summed E-state index contributed by atoms with van der Waals surface area (Å²) in [6, 6.07) is 4.15. The Morgan fingerprint density at radius 2 is 2.35 bits per heavy atom. The van der Waals surface area contributed by atoms with Crippen LogP contribution in [-0.2, 0) is 4.79 Å². The maximum atomic E-state index is 10.8.